The molecule has 0 aliphatic carbocycles. The maximum atomic E-state index is 13.3. The molecule has 0 saturated heterocycles. The SMILES string of the molecule is C=Cc1nc(Cl)c(C(F)(F)C=C)nc1C=C. The maximum Gasteiger partial charge on any atom is 0.310 e. The molecule has 1 heterocycles. The topological polar surface area (TPSA) is 25.8 Å². The van der Waals surface area contributed by atoms with Crippen molar-refractivity contribution in [3.63, 3.8) is 0 Å². The number of rotatable bonds is 4. The van der Waals surface area contributed by atoms with Gasteiger partial charge < -0.3 is 0 Å². The molecule has 0 aliphatic rings. The molecular formula is C11H9ClF2N2. The van der Waals surface area contributed by atoms with Gasteiger partial charge in [0.15, 0.2) is 10.8 Å². The van der Waals surface area contributed by atoms with E-state index < -0.39 is 11.6 Å². The second-order valence-corrected chi connectivity index (χ2v) is 3.23. The van der Waals surface area contributed by atoms with E-state index in [1.165, 1.54) is 12.2 Å². The summed E-state index contributed by atoms with van der Waals surface area (Å²) >= 11 is 5.62. The Morgan fingerprint density at radius 3 is 2.00 bits per heavy atom. The summed E-state index contributed by atoms with van der Waals surface area (Å²) in [6.07, 6.45) is 3.14. The van der Waals surface area contributed by atoms with Gasteiger partial charge in [-0.1, -0.05) is 31.3 Å². The van der Waals surface area contributed by atoms with Crippen molar-refractivity contribution in [2.24, 2.45) is 0 Å². The van der Waals surface area contributed by atoms with E-state index in [4.69, 9.17) is 11.6 Å². The van der Waals surface area contributed by atoms with Crippen LogP contribution in [0.2, 0.25) is 5.15 Å². The number of nitrogens with zero attached hydrogens (tertiary/aromatic N) is 2. The van der Waals surface area contributed by atoms with E-state index in [0.717, 1.165) is 0 Å². The molecule has 0 N–H and O–H groups in total. The first-order chi connectivity index (χ1) is 7.46. The first-order valence-electron chi connectivity index (χ1n) is 4.30. The second-order valence-electron chi connectivity index (χ2n) is 2.87. The highest BCUT2D eigenvalue weighted by Gasteiger charge is 2.33. The average molecular weight is 243 g/mol. The van der Waals surface area contributed by atoms with Gasteiger partial charge in [0.1, 0.15) is 0 Å². The third-order valence-electron chi connectivity index (χ3n) is 1.87. The number of hydrogen-bond acceptors (Lipinski definition) is 2. The van der Waals surface area contributed by atoms with Crippen molar-refractivity contribution in [1.82, 2.24) is 9.97 Å². The normalized spacial score (nSPS) is 10.9. The largest absolute Gasteiger partial charge is 0.310 e. The van der Waals surface area contributed by atoms with Crippen LogP contribution < -0.4 is 0 Å². The minimum atomic E-state index is -3.32. The van der Waals surface area contributed by atoms with E-state index in [9.17, 15) is 8.78 Å². The highest BCUT2D eigenvalue weighted by atomic mass is 35.5. The Bertz CT molecular complexity index is 456. The monoisotopic (exact) mass is 242 g/mol. The fourth-order valence-electron chi connectivity index (χ4n) is 1.05. The number of halogens is 3. The fourth-order valence-corrected chi connectivity index (χ4v) is 1.31. The molecule has 0 atom stereocenters. The number of allylic oxidation sites excluding steroid dienone is 1. The third kappa shape index (κ3) is 2.17. The lowest BCUT2D eigenvalue weighted by Crippen LogP contribution is -2.14. The molecule has 5 heteroatoms. The van der Waals surface area contributed by atoms with Crippen LogP contribution in [0.5, 0.6) is 0 Å². The van der Waals surface area contributed by atoms with Gasteiger partial charge in [-0.3, -0.25) is 0 Å². The van der Waals surface area contributed by atoms with Crippen molar-refractivity contribution in [3.05, 3.63) is 48.0 Å². The van der Waals surface area contributed by atoms with Gasteiger partial charge in [-0.05, 0) is 18.2 Å². The summed E-state index contributed by atoms with van der Waals surface area (Å²) in [7, 11) is 0. The Morgan fingerprint density at radius 2 is 1.56 bits per heavy atom. The van der Waals surface area contributed by atoms with Crippen LogP contribution in [0.25, 0.3) is 12.2 Å². The number of aromatic nitrogens is 2. The third-order valence-corrected chi connectivity index (χ3v) is 2.13. The van der Waals surface area contributed by atoms with Gasteiger partial charge in [-0.15, -0.1) is 0 Å². The second kappa shape index (κ2) is 4.53. The lowest BCUT2D eigenvalue weighted by molar-refractivity contribution is 0.0473. The van der Waals surface area contributed by atoms with Crippen LogP contribution in [-0.4, -0.2) is 9.97 Å². The average Bonchev–Trinajstić information content (AvgIpc) is 2.28. The van der Waals surface area contributed by atoms with Crippen molar-refractivity contribution in [3.8, 4) is 0 Å². The summed E-state index contributed by atoms with van der Waals surface area (Å²) in [6.45, 7) is 9.96. The van der Waals surface area contributed by atoms with E-state index in [1.807, 2.05) is 0 Å². The molecule has 0 aromatic carbocycles. The molecule has 0 unspecified atom stereocenters. The van der Waals surface area contributed by atoms with E-state index in [0.29, 0.717) is 11.8 Å². The van der Waals surface area contributed by atoms with Gasteiger partial charge in [-0.2, -0.15) is 8.78 Å². The van der Waals surface area contributed by atoms with Crippen LogP contribution in [0.15, 0.2) is 25.8 Å². The highest BCUT2D eigenvalue weighted by Crippen LogP contribution is 2.32. The number of alkyl halides is 2. The first-order valence-corrected chi connectivity index (χ1v) is 4.68. The molecular weight excluding hydrogens is 234 g/mol. The van der Waals surface area contributed by atoms with Crippen LogP contribution in [0.4, 0.5) is 8.78 Å². The molecule has 2 nitrogen and oxygen atoms in total. The molecule has 1 aromatic heterocycles. The van der Waals surface area contributed by atoms with Crippen LogP contribution in [0.1, 0.15) is 17.1 Å². The molecule has 16 heavy (non-hydrogen) atoms. The van der Waals surface area contributed by atoms with E-state index >= 15 is 0 Å². The summed E-state index contributed by atoms with van der Waals surface area (Å²) in [5, 5.41) is -0.370. The molecule has 0 aliphatic heterocycles. The summed E-state index contributed by atoms with van der Waals surface area (Å²) in [5.74, 6) is -3.32. The lowest BCUT2D eigenvalue weighted by Gasteiger charge is -2.13. The Balaban J connectivity index is 3.49. The van der Waals surface area contributed by atoms with Crippen LogP contribution in [-0.2, 0) is 5.92 Å². The van der Waals surface area contributed by atoms with Crippen molar-refractivity contribution >= 4 is 23.8 Å². The van der Waals surface area contributed by atoms with Crippen LogP contribution in [0, 0.1) is 0 Å². The Morgan fingerprint density at radius 1 is 1.06 bits per heavy atom. The molecule has 0 radical (unpaired) electrons. The molecule has 84 valence electrons. The van der Waals surface area contributed by atoms with E-state index in [2.05, 4.69) is 29.7 Å². The minimum Gasteiger partial charge on any atom is -0.241 e. The zero-order chi connectivity index (χ0) is 12.3. The molecule has 0 bridgehead atoms. The zero-order valence-electron chi connectivity index (χ0n) is 8.38. The van der Waals surface area contributed by atoms with Crippen LogP contribution in [0.3, 0.4) is 0 Å². The van der Waals surface area contributed by atoms with Crippen molar-refractivity contribution in [1.29, 1.82) is 0 Å². The summed E-state index contributed by atoms with van der Waals surface area (Å²) in [6, 6.07) is 0. The smallest absolute Gasteiger partial charge is 0.241 e. The first kappa shape index (κ1) is 12.5. The standard InChI is InChI=1S/C11H9ClF2N2/c1-4-7-8(5-2)16-10(12)9(15-7)11(13,14)6-3/h4-6H,1-3H2. The Hall–Kier alpha value is -1.55. The van der Waals surface area contributed by atoms with Gasteiger partial charge in [0.2, 0.25) is 0 Å². The molecule has 1 aromatic rings. The van der Waals surface area contributed by atoms with Gasteiger partial charge >= 0.3 is 5.92 Å². The summed E-state index contributed by atoms with van der Waals surface area (Å²) in [4.78, 5) is 7.46. The predicted molar refractivity (Wildman–Crippen MR) is 61.3 cm³/mol. The zero-order valence-corrected chi connectivity index (χ0v) is 9.14. The molecule has 0 saturated carbocycles. The van der Waals surface area contributed by atoms with E-state index in [1.54, 1.807) is 0 Å². The van der Waals surface area contributed by atoms with Gasteiger partial charge in [0.05, 0.1) is 11.4 Å². The Kier molecular flexibility index (Phi) is 3.55. The number of hydrogen-bond donors (Lipinski definition) is 0. The van der Waals surface area contributed by atoms with Gasteiger partial charge in [0.25, 0.3) is 0 Å². The predicted octanol–water partition coefficient (Wildman–Crippen LogP) is 3.69. The molecule has 0 spiro atoms. The molecule has 1 rings (SSSR count). The summed E-state index contributed by atoms with van der Waals surface area (Å²) < 4.78 is 26.7. The summed E-state index contributed by atoms with van der Waals surface area (Å²) in [5.41, 5.74) is -0.121. The lowest BCUT2D eigenvalue weighted by atomic mass is 10.2. The molecule has 0 fully saturated rings. The maximum absolute atomic E-state index is 13.3. The Labute approximate surface area is 97.0 Å². The minimum absolute atomic E-state index is 0.205. The van der Waals surface area contributed by atoms with Gasteiger partial charge in [-0.25, -0.2) is 9.97 Å². The van der Waals surface area contributed by atoms with Crippen molar-refractivity contribution < 1.29 is 8.78 Å². The molecule has 0 amide bonds. The van der Waals surface area contributed by atoms with Crippen molar-refractivity contribution in [2.75, 3.05) is 0 Å². The fraction of sp³-hybridized carbons (Fsp3) is 0.0909. The van der Waals surface area contributed by atoms with Crippen LogP contribution >= 0.6 is 11.6 Å². The van der Waals surface area contributed by atoms with E-state index in [-0.39, 0.29) is 10.8 Å². The van der Waals surface area contributed by atoms with Gasteiger partial charge in [0, 0.05) is 0 Å². The highest BCUT2D eigenvalue weighted by molar-refractivity contribution is 6.30. The van der Waals surface area contributed by atoms with Crippen molar-refractivity contribution in [2.45, 2.75) is 5.92 Å². The quantitative estimate of drug-likeness (QED) is 0.753.